The van der Waals surface area contributed by atoms with Gasteiger partial charge in [0.15, 0.2) is 17.7 Å². The zero-order chi connectivity index (χ0) is 25.7. The van der Waals surface area contributed by atoms with E-state index in [0.717, 1.165) is 43.7 Å². The second-order valence-electron chi connectivity index (χ2n) is 9.15. The first-order chi connectivity index (χ1) is 17.5. The second kappa shape index (κ2) is 10.9. The van der Waals surface area contributed by atoms with Crippen LogP contribution in [0.5, 0.6) is 23.3 Å². The highest BCUT2D eigenvalue weighted by Gasteiger charge is 2.50. The fourth-order valence-corrected chi connectivity index (χ4v) is 5.61. The Balaban J connectivity index is 1.58. The van der Waals surface area contributed by atoms with Crippen molar-refractivity contribution in [1.29, 1.82) is 5.26 Å². The SMILES string of the molecule is COc1ccc(NC(=N[C@@H]2CC[C@@]3(c4ccc(OC)c(OC)c4)CCN(C)[C@H]3C2)NC#N)c(OC)n1. The molecule has 0 bridgehead atoms. The van der Waals surface area contributed by atoms with Gasteiger partial charge in [0.2, 0.25) is 17.7 Å². The third-order valence-electron chi connectivity index (χ3n) is 7.43. The monoisotopic (exact) mass is 494 g/mol. The number of fused-ring (bicyclic) bond motifs is 1. The third kappa shape index (κ3) is 4.84. The van der Waals surface area contributed by atoms with Crippen molar-refractivity contribution in [1.82, 2.24) is 15.2 Å². The smallest absolute Gasteiger partial charge is 0.240 e. The molecule has 2 fully saturated rings. The Morgan fingerprint density at radius 2 is 1.89 bits per heavy atom. The van der Waals surface area contributed by atoms with Gasteiger partial charge in [0, 0.05) is 17.5 Å². The van der Waals surface area contributed by atoms with Gasteiger partial charge in [-0.3, -0.25) is 5.32 Å². The minimum atomic E-state index is 0.0275. The van der Waals surface area contributed by atoms with Crippen LogP contribution in [0.25, 0.3) is 0 Å². The third-order valence-corrected chi connectivity index (χ3v) is 7.43. The molecule has 2 N–H and O–H groups in total. The van der Waals surface area contributed by atoms with Gasteiger partial charge in [-0.25, -0.2) is 4.99 Å². The predicted molar refractivity (Wildman–Crippen MR) is 137 cm³/mol. The number of hydrogen-bond acceptors (Lipinski definition) is 8. The summed E-state index contributed by atoms with van der Waals surface area (Å²) in [5.74, 6) is 2.65. The molecule has 1 aliphatic heterocycles. The molecule has 1 aliphatic carbocycles. The van der Waals surface area contributed by atoms with E-state index in [1.54, 1.807) is 33.5 Å². The maximum absolute atomic E-state index is 9.35. The lowest BCUT2D eigenvalue weighted by Gasteiger charge is -2.44. The summed E-state index contributed by atoms with van der Waals surface area (Å²) >= 11 is 0. The summed E-state index contributed by atoms with van der Waals surface area (Å²) in [7, 11) is 8.59. The minimum Gasteiger partial charge on any atom is -0.493 e. The fraction of sp³-hybridized carbons (Fsp3) is 0.500. The molecule has 192 valence electrons. The number of guanidine groups is 1. The van der Waals surface area contributed by atoms with Crippen LogP contribution in [0.4, 0.5) is 5.69 Å². The summed E-state index contributed by atoms with van der Waals surface area (Å²) in [6.07, 6.45) is 5.82. The molecule has 10 heteroatoms. The van der Waals surface area contributed by atoms with Crippen molar-refractivity contribution in [2.45, 2.75) is 43.2 Å². The van der Waals surface area contributed by atoms with E-state index in [0.29, 0.717) is 29.4 Å². The van der Waals surface area contributed by atoms with E-state index in [1.165, 1.54) is 12.7 Å². The summed E-state index contributed by atoms with van der Waals surface area (Å²) in [6.45, 7) is 1.02. The molecular formula is C26H34N6O4. The number of nitrogens with zero attached hydrogens (tertiary/aromatic N) is 4. The van der Waals surface area contributed by atoms with E-state index in [-0.39, 0.29) is 11.5 Å². The van der Waals surface area contributed by atoms with Gasteiger partial charge < -0.3 is 29.2 Å². The summed E-state index contributed by atoms with van der Waals surface area (Å²) in [6, 6.07) is 10.2. The van der Waals surface area contributed by atoms with Crippen molar-refractivity contribution in [3.05, 3.63) is 35.9 Å². The lowest BCUT2D eigenvalue weighted by molar-refractivity contribution is 0.168. The molecule has 3 atom stereocenters. The molecule has 1 aromatic heterocycles. The highest BCUT2D eigenvalue weighted by Crippen LogP contribution is 2.50. The molecule has 10 nitrogen and oxygen atoms in total. The number of hydrogen-bond donors (Lipinski definition) is 2. The predicted octanol–water partition coefficient (Wildman–Crippen LogP) is 3.15. The fourth-order valence-electron chi connectivity index (χ4n) is 5.61. The van der Waals surface area contributed by atoms with Crippen molar-refractivity contribution in [2.75, 3.05) is 47.3 Å². The molecule has 1 saturated heterocycles. The molecule has 0 radical (unpaired) electrons. The first-order valence-electron chi connectivity index (χ1n) is 12.0. The number of likely N-dealkylation sites (tertiary alicyclic amines) is 1. The topological polar surface area (TPSA) is 113 Å². The van der Waals surface area contributed by atoms with E-state index >= 15 is 0 Å². The first kappa shape index (κ1) is 25.4. The number of likely N-dealkylation sites (N-methyl/N-ethyl adjacent to an activating group) is 1. The molecule has 2 aliphatic rings. The number of nitriles is 1. The Morgan fingerprint density at radius 1 is 1.08 bits per heavy atom. The highest BCUT2D eigenvalue weighted by molar-refractivity contribution is 5.95. The number of aliphatic imine (C=N–C) groups is 1. The van der Waals surface area contributed by atoms with Gasteiger partial charge >= 0.3 is 0 Å². The van der Waals surface area contributed by atoms with Crippen LogP contribution in [0.3, 0.4) is 0 Å². The first-order valence-corrected chi connectivity index (χ1v) is 12.0. The number of rotatable bonds is 7. The van der Waals surface area contributed by atoms with Crippen LogP contribution >= 0.6 is 0 Å². The quantitative estimate of drug-likeness (QED) is 0.259. The average molecular weight is 495 g/mol. The molecule has 36 heavy (non-hydrogen) atoms. The number of nitrogens with one attached hydrogen (secondary N) is 2. The van der Waals surface area contributed by atoms with E-state index in [1.807, 2.05) is 12.3 Å². The molecule has 2 heterocycles. The van der Waals surface area contributed by atoms with Gasteiger partial charge in [0.1, 0.15) is 5.69 Å². The van der Waals surface area contributed by atoms with Crippen molar-refractivity contribution in [3.63, 3.8) is 0 Å². The summed E-state index contributed by atoms with van der Waals surface area (Å²) in [5.41, 5.74) is 1.90. The number of methoxy groups -OCH3 is 4. The summed E-state index contributed by atoms with van der Waals surface area (Å²) in [4.78, 5) is 11.6. The zero-order valence-electron chi connectivity index (χ0n) is 21.5. The van der Waals surface area contributed by atoms with Crippen LogP contribution in [-0.2, 0) is 5.41 Å². The van der Waals surface area contributed by atoms with Gasteiger partial charge in [-0.2, -0.15) is 10.2 Å². The van der Waals surface area contributed by atoms with Crippen molar-refractivity contribution in [2.24, 2.45) is 4.99 Å². The average Bonchev–Trinajstić information content (AvgIpc) is 3.25. The van der Waals surface area contributed by atoms with Gasteiger partial charge in [0.05, 0.1) is 34.5 Å². The highest BCUT2D eigenvalue weighted by atomic mass is 16.5. The standard InChI is InChI=1S/C26H34N6O4/c1-32-13-12-26(17-6-8-20(33-2)21(14-17)34-3)11-10-18(15-22(26)32)29-25(28-16-27)30-19-7-9-23(35-4)31-24(19)36-5/h6-9,14,18,22H,10-13,15H2,1-5H3,(H2,28,29,30)/t18-,22+,26+/m1/s1. The van der Waals surface area contributed by atoms with Crippen LogP contribution in [0, 0.1) is 11.5 Å². The minimum absolute atomic E-state index is 0.0275. The normalized spacial score (nSPS) is 23.8. The number of pyridine rings is 1. The van der Waals surface area contributed by atoms with Gasteiger partial charge in [0.25, 0.3) is 0 Å². The summed E-state index contributed by atoms with van der Waals surface area (Å²) < 4.78 is 21.6. The van der Waals surface area contributed by atoms with Crippen LogP contribution in [0.15, 0.2) is 35.3 Å². The van der Waals surface area contributed by atoms with Gasteiger partial charge in [-0.1, -0.05) is 6.07 Å². The summed E-state index contributed by atoms with van der Waals surface area (Å²) in [5, 5.41) is 15.2. The number of benzene rings is 1. The van der Waals surface area contributed by atoms with E-state index in [9.17, 15) is 5.26 Å². The molecule has 2 aromatic rings. The molecule has 1 saturated carbocycles. The van der Waals surface area contributed by atoms with Crippen LogP contribution in [0.1, 0.15) is 31.2 Å². The maximum atomic E-state index is 9.35. The van der Waals surface area contributed by atoms with Crippen LogP contribution < -0.4 is 29.6 Å². The zero-order valence-corrected chi connectivity index (χ0v) is 21.5. The molecule has 1 aromatic carbocycles. The van der Waals surface area contributed by atoms with Crippen molar-refractivity contribution in [3.8, 4) is 29.5 Å². The maximum Gasteiger partial charge on any atom is 0.240 e. The lowest BCUT2D eigenvalue weighted by Crippen LogP contribution is -2.47. The second-order valence-corrected chi connectivity index (χ2v) is 9.15. The van der Waals surface area contributed by atoms with E-state index in [2.05, 4.69) is 39.7 Å². The number of aromatic nitrogens is 1. The Bertz CT molecular complexity index is 1150. The number of anilines is 1. The van der Waals surface area contributed by atoms with Crippen molar-refractivity contribution >= 4 is 11.6 Å². The molecular weight excluding hydrogens is 460 g/mol. The van der Waals surface area contributed by atoms with Crippen LogP contribution in [-0.4, -0.2) is 70.0 Å². The largest absolute Gasteiger partial charge is 0.493 e. The molecule has 0 spiro atoms. The lowest BCUT2D eigenvalue weighted by atomic mass is 9.65. The van der Waals surface area contributed by atoms with E-state index < -0.39 is 0 Å². The van der Waals surface area contributed by atoms with Gasteiger partial charge in [-0.05, 0) is 63.0 Å². The van der Waals surface area contributed by atoms with Gasteiger partial charge in [-0.15, -0.1) is 0 Å². The molecule has 0 unspecified atom stereocenters. The molecule has 4 rings (SSSR count). The Kier molecular flexibility index (Phi) is 7.70. The Morgan fingerprint density at radius 3 is 2.58 bits per heavy atom. The van der Waals surface area contributed by atoms with Crippen molar-refractivity contribution < 1.29 is 18.9 Å². The Hall–Kier alpha value is -3.71. The number of ether oxygens (including phenoxy) is 4. The Labute approximate surface area is 212 Å². The van der Waals surface area contributed by atoms with Crippen LogP contribution in [0.2, 0.25) is 0 Å². The van der Waals surface area contributed by atoms with E-state index in [4.69, 9.17) is 23.9 Å². The molecule has 0 amide bonds.